The van der Waals surface area contributed by atoms with Gasteiger partial charge in [0.05, 0.1) is 11.3 Å². The Labute approximate surface area is 126 Å². The largest absolute Gasteiger partial charge is 0.352 e. The van der Waals surface area contributed by atoms with E-state index in [1.807, 2.05) is 13.8 Å². The van der Waals surface area contributed by atoms with Crippen LogP contribution in [0.5, 0.6) is 0 Å². The highest BCUT2D eigenvalue weighted by molar-refractivity contribution is 5.95. The summed E-state index contributed by atoms with van der Waals surface area (Å²) in [5, 5.41) is 6.31. The smallest absolute Gasteiger partial charge is 0.254 e. The molecule has 0 aliphatic carbocycles. The summed E-state index contributed by atoms with van der Waals surface area (Å²) in [7, 11) is 0. The predicted octanol–water partition coefficient (Wildman–Crippen LogP) is 0.625. The molecule has 0 spiro atoms. The molecule has 1 amide bonds. The highest BCUT2D eigenvalue weighted by Gasteiger charge is 2.15. The molecule has 1 fully saturated rings. The topological polar surface area (TPSA) is 70.2 Å². The Bertz CT molecular complexity index is 457. The van der Waals surface area contributed by atoms with Crippen molar-refractivity contribution < 1.29 is 4.79 Å². The number of aromatic nitrogens is 2. The van der Waals surface area contributed by atoms with E-state index in [0.717, 1.165) is 44.8 Å². The first-order valence-corrected chi connectivity index (χ1v) is 7.69. The van der Waals surface area contributed by atoms with E-state index in [-0.39, 0.29) is 11.8 Å². The number of hydrogen-bond donors (Lipinski definition) is 2. The minimum atomic E-state index is -0.0698. The van der Waals surface area contributed by atoms with Crippen molar-refractivity contribution in [1.29, 1.82) is 0 Å². The Morgan fingerprint density at radius 3 is 2.90 bits per heavy atom. The van der Waals surface area contributed by atoms with Crippen LogP contribution in [-0.4, -0.2) is 60.0 Å². The van der Waals surface area contributed by atoms with Gasteiger partial charge in [-0.05, 0) is 18.9 Å². The van der Waals surface area contributed by atoms with Gasteiger partial charge in [0, 0.05) is 38.9 Å². The molecule has 6 nitrogen and oxygen atoms in total. The van der Waals surface area contributed by atoms with Gasteiger partial charge >= 0.3 is 0 Å². The molecule has 1 aliphatic heterocycles. The number of piperazine rings is 1. The minimum absolute atomic E-state index is 0.0698. The van der Waals surface area contributed by atoms with Crippen molar-refractivity contribution in [2.75, 3.05) is 39.3 Å². The number of carbonyl (C=O) groups excluding carboxylic acids is 1. The lowest BCUT2D eigenvalue weighted by Gasteiger charge is -2.27. The molecule has 0 saturated carbocycles. The number of nitrogens with zero attached hydrogens (tertiary/aromatic N) is 3. The van der Waals surface area contributed by atoms with Crippen LogP contribution in [0.25, 0.3) is 0 Å². The SMILES string of the molecule is CC(C)c1ncncc1C(=O)NCCCN1CCNCC1. The summed E-state index contributed by atoms with van der Waals surface area (Å²) in [6, 6.07) is 0. The molecule has 21 heavy (non-hydrogen) atoms. The number of hydrogen-bond acceptors (Lipinski definition) is 5. The Morgan fingerprint density at radius 2 is 2.19 bits per heavy atom. The average molecular weight is 291 g/mol. The maximum Gasteiger partial charge on any atom is 0.254 e. The molecular weight excluding hydrogens is 266 g/mol. The van der Waals surface area contributed by atoms with Gasteiger partial charge in [-0.3, -0.25) is 4.79 Å². The maximum atomic E-state index is 12.2. The van der Waals surface area contributed by atoms with Gasteiger partial charge in [-0.25, -0.2) is 9.97 Å². The lowest BCUT2D eigenvalue weighted by molar-refractivity contribution is 0.0949. The average Bonchev–Trinajstić information content (AvgIpc) is 2.52. The van der Waals surface area contributed by atoms with E-state index in [4.69, 9.17) is 0 Å². The van der Waals surface area contributed by atoms with Crippen LogP contribution >= 0.6 is 0 Å². The molecule has 0 aromatic carbocycles. The fraction of sp³-hybridized carbons (Fsp3) is 0.667. The molecule has 2 rings (SSSR count). The van der Waals surface area contributed by atoms with E-state index < -0.39 is 0 Å². The van der Waals surface area contributed by atoms with Gasteiger partial charge in [0.1, 0.15) is 6.33 Å². The van der Waals surface area contributed by atoms with Crippen LogP contribution in [-0.2, 0) is 0 Å². The summed E-state index contributed by atoms with van der Waals surface area (Å²) < 4.78 is 0. The Kier molecular flexibility index (Phi) is 6.07. The van der Waals surface area contributed by atoms with Crippen LogP contribution < -0.4 is 10.6 Å². The third-order valence-electron chi connectivity index (χ3n) is 3.68. The van der Waals surface area contributed by atoms with Crippen LogP contribution in [0.3, 0.4) is 0 Å². The van der Waals surface area contributed by atoms with E-state index in [0.29, 0.717) is 12.1 Å². The quantitative estimate of drug-likeness (QED) is 0.752. The van der Waals surface area contributed by atoms with Crippen molar-refractivity contribution in [2.45, 2.75) is 26.2 Å². The third-order valence-corrected chi connectivity index (χ3v) is 3.68. The van der Waals surface area contributed by atoms with Crippen molar-refractivity contribution in [3.63, 3.8) is 0 Å². The summed E-state index contributed by atoms with van der Waals surface area (Å²) in [6.45, 7) is 10.1. The lowest BCUT2D eigenvalue weighted by Crippen LogP contribution is -2.44. The summed E-state index contributed by atoms with van der Waals surface area (Å²) in [4.78, 5) is 22.8. The van der Waals surface area contributed by atoms with Gasteiger partial charge in [-0.1, -0.05) is 13.8 Å². The maximum absolute atomic E-state index is 12.2. The van der Waals surface area contributed by atoms with Crippen molar-refractivity contribution in [3.8, 4) is 0 Å². The lowest BCUT2D eigenvalue weighted by atomic mass is 10.0. The van der Waals surface area contributed by atoms with Crippen molar-refractivity contribution in [1.82, 2.24) is 25.5 Å². The fourth-order valence-electron chi connectivity index (χ4n) is 2.51. The zero-order chi connectivity index (χ0) is 15.1. The van der Waals surface area contributed by atoms with Gasteiger partial charge < -0.3 is 15.5 Å². The molecule has 116 valence electrons. The van der Waals surface area contributed by atoms with E-state index in [1.165, 1.54) is 6.33 Å². The normalized spacial score (nSPS) is 16.1. The van der Waals surface area contributed by atoms with E-state index >= 15 is 0 Å². The molecule has 1 saturated heterocycles. The fourth-order valence-corrected chi connectivity index (χ4v) is 2.51. The second-order valence-corrected chi connectivity index (χ2v) is 5.68. The number of amides is 1. The molecule has 0 radical (unpaired) electrons. The summed E-state index contributed by atoms with van der Waals surface area (Å²) in [6.07, 6.45) is 4.07. The Hall–Kier alpha value is -1.53. The van der Waals surface area contributed by atoms with E-state index in [2.05, 4.69) is 25.5 Å². The first-order chi connectivity index (χ1) is 10.2. The van der Waals surface area contributed by atoms with Gasteiger partial charge in [0.2, 0.25) is 0 Å². The molecule has 6 heteroatoms. The molecule has 0 unspecified atom stereocenters. The number of carbonyl (C=O) groups is 1. The third kappa shape index (κ3) is 4.75. The molecule has 2 N–H and O–H groups in total. The summed E-state index contributed by atoms with van der Waals surface area (Å²) >= 11 is 0. The predicted molar refractivity (Wildman–Crippen MR) is 82.4 cm³/mol. The molecule has 2 heterocycles. The second-order valence-electron chi connectivity index (χ2n) is 5.68. The molecule has 1 aromatic rings. The highest BCUT2D eigenvalue weighted by atomic mass is 16.1. The Morgan fingerprint density at radius 1 is 1.43 bits per heavy atom. The van der Waals surface area contributed by atoms with E-state index in [9.17, 15) is 4.79 Å². The van der Waals surface area contributed by atoms with Crippen LogP contribution in [0.4, 0.5) is 0 Å². The van der Waals surface area contributed by atoms with Gasteiger partial charge in [-0.15, -0.1) is 0 Å². The van der Waals surface area contributed by atoms with Crippen LogP contribution in [0, 0.1) is 0 Å². The van der Waals surface area contributed by atoms with Crippen molar-refractivity contribution >= 4 is 5.91 Å². The first-order valence-electron chi connectivity index (χ1n) is 7.69. The number of nitrogens with one attached hydrogen (secondary N) is 2. The van der Waals surface area contributed by atoms with Gasteiger partial charge in [0.15, 0.2) is 0 Å². The van der Waals surface area contributed by atoms with Gasteiger partial charge in [0.25, 0.3) is 5.91 Å². The summed E-state index contributed by atoms with van der Waals surface area (Å²) in [5.74, 6) is 0.147. The van der Waals surface area contributed by atoms with Crippen LogP contribution in [0.1, 0.15) is 42.2 Å². The Balaban J connectivity index is 1.76. The first kappa shape index (κ1) is 15.9. The molecule has 1 aromatic heterocycles. The van der Waals surface area contributed by atoms with Gasteiger partial charge in [-0.2, -0.15) is 0 Å². The second kappa shape index (κ2) is 8.05. The molecular formula is C15H25N5O. The summed E-state index contributed by atoms with van der Waals surface area (Å²) in [5.41, 5.74) is 1.40. The monoisotopic (exact) mass is 291 g/mol. The zero-order valence-corrected chi connectivity index (χ0v) is 12.9. The zero-order valence-electron chi connectivity index (χ0n) is 12.9. The molecule has 0 bridgehead atoms. The highest BCUT2D eigenvalue weighted by Crippen LogP contribution is 2.15. The van der Waals surface area contributed by atoms with Crippen molar-refractivity contribution in [3.05, 3.63) is 23.8 Å². The number of rotatable bonds is 6. The minimum Gasteiger partial charge on any atom is -0.352 e. The van der Waals surface area contributed by atoms with E-state index in [1.54, 1.807) is 6.20 Å². The van der Waals surface area contributed by atoms with Crippen molar-refractivity contribution in [2.24, 2.45) is 0 Å². The molecule has 0 atom stereocenters. The standard InChI is InChI=1S/C15H25N5O/c1-12(2)14-13(10-17-11-19-14)15(21)18-4-3-7-20-8-5-16-6-9-20/h10-12,16H,3-9H2,1-2H3,(H,18,21). The van der Waals surface area contributed by atoms with Crippen LogP contribution in [0.15, 0.2) is 12.5 Å². The van der Waals surface area contributed by atoms with Crippen LogP contribution in [0.2, 0.25) is 0 Å². The molecule has 1 aliphatic rings.